The van der Waals surface area contributed by atoms with E-state index in [9.17, 15) is 48.3 Å². The highest BCUT2D eigenvalue weighted by Gasteiger charge is 2.45. The van der Waals surface area contributed by atoms with E-state index in [-0.39, 0.29) is 55.8 Å². The molecular weight excluding hydrogens is 1080 g/mol. The van der Waals surface area contributed by atoms with Gasteiger partial charge in [-0.3, -0.25) is 52.7 Å². The van der Waals surface area contributed by atoms with Gasteiger partial charge in [0, 0.05) is 42.3 Å². The monoisotopic (exact) mass is 1190 g/mol. The van der Waals surface area contributed by atoms with Crippen molar-refractivity contribution in [1.29, 1.82) is 0 Å². The van der Waals surface area contributed by atoms with Crippen LogP contribution in [0.2, 0.25) is 0 Å². The van der Waals surface area contributed by atoms with E-state index in [4.69, 9.17) is 0 Å². The Balaban J connectivity index is 4.28. The van der Waals surface area contributed by atoms with Gasteiger partial charge in [0.2, 0.25) is 65.0 Å². The normalized spacial score (nSPS) is 27.0. The van der Waals surface area contributed by atoms with Crippen LogP contribution < -0.4 is 26.6 Å². The molecule has 1 heterocycles. The molecule has 1 aliphatic rings. The van der Waals surface area contributed by atoms with Crippen molar-refractivity contribution in [2.24, 2.45) is 41.4 Å². The predicted octanol–water partition coefficient (Wildman–Crippen LogP) is 2.93. The van der Waals surface area contributed by atoms with E-state index < -0.39 is 156 Å². The van der Waals surface area contributed by atoms with Crippen LogP contribution in [-0.4, -0.2) is 215 Å². The van der Waals surface area contributed by atoms with Gasteiger partial charge in [-0.2, -0.15) is 0 Å². The molecular formula is C61H109N11O12. The van der Waals surface area contributed by atoms with Crippen LogP contribution in [0.4, 0.5) is 0 Å². The van der Waals surface area contributed by atoms with E-state index in [2.05, 4.69) is 26.6 Å². The maximum atomic E-state index is 15.1. The van der Waals surface area contributed by atoms with Crippen LogP contribution in [0.3, 0.4) is 0 Å². The number of carbonyl (C=O) groups is 11. The van der Waals surface area contributed by atoms with E-state index in [0.29, 0.717) is 6.42 Å². The molecule has 0 aromatic heterocycles. The molecule has 0 saturated carbocycles. The molecule has 0 bridgehead atoms. The quantitative estimate of drug-likeness (QED) is 0.129. The first-order valence-electron chi connectivity index (χ1n) is 30.2. The highest BCUT2D eigenvalue weighted by molar-refractivity contribution is 5.99. The second kappa shape index (κ2) is 34.7. The van der Waals surface area contributed by atoms with Gasteiger partial charge in [-0.25, -0.2) is 0 Å². The number of nitrogens with zero attached hydrogens (tertiary/aromatic N) is 6. The number of aliphatic hydroxyl groups is 1. The van der Waals surface area contributed by atoms with Gasteiger partial charge < -0.3 is 61.1 Å². The maximum Gasteiger partial charge on any atom is 0.246 e. The summed E-state index contributed by atoms with van der Waals surface area (Å²) in [5.74, 6) is -9.87. The van der Waals surface area contributed by atoms with Gasteiger partial charge >= 0.3 is 0 Å². The number of hydrogen-bond acceptors (Lipinski definition) is 12. The lowest BCUT2D eigenvalue weighted by Gasteiger charge is -2.41. The summed E-state index contributed by atoms with van der Waals surface area (Å²) in [6.45, 7) is 29.2. The molecule has 11 amide bonds. The third-order valence-electron chi connectivity index (χ3n) is 15.6. The Morgan fingerprint density at radius 1 is 0.464 bits per heavy atom. The van der Waals surface area contributed by atoms with Crippen molar-refractivity contribution in [3.05, 3.63) is 12.2 Å². The summed E-state index contributed by atoms with van der Waals surface area (Å²) in [4.78, 5) is 166. The molecule has 23 heteroatoms. The summed E-state index contributed by atoms with van der Waals surface area (Å²) < 4.78 is 0. The topological polar surface area (TPSA) is 288 Å². The van der Waals surface area contributed by atoms with Crippen LogP contribution in [0.5, 0.6) is 0 Å². The second-order valence-electron chi connectivity index (χ2n) is 25.7. The first kappa shape index (κ1) is 75.9. The number of allylic oxidation sites excluding steroid dienone is 2. The van der Waals surface area contributed by atoms with Crippen LogP contribution in [-0.2, 0) is 52.7 Å². The first-order chi connectivity index (χ1) is 38.8. The fourth-order valence-corrected chi connectivity index (χ4v) is 10.4. The molecule has 1 fully saturated rings. The van der Waals surface area contributed by atoms with Gasteiger partial charge in [0.1, 0.15) is 60.4 Å². The minimum Gasteiger partial charge on any atom is -0.390 e. The number of rotatable bonds is 15. The molecule has 12 atom stereocenters. The SMILES string of the molecule is C/C=C/C[C@@H](C)[C@@H](O)[C@H]1C(=O)N[C@@H](CC)C(=O)N(C)CC(=O)N(C)[C@@H](CC(C)C)C(=O)N[C@@H](C(C)C)C(=O)N[C@@H](CC(C)C)C(=O)N[C@@H](C)C(=O)N[C@H](C)C(=O)N(C)[C@@H](CC(C)C)C(=O)N(C)[C@@H](CC(C)C)C(=O)N(C)[C@@H](C(C)C)C(=O)N1C. The lowest BCUT2D eigenvalue weighted by atomic mass is 9.91. The summed E-state index contributed by atoms with van der Waals surface area (Å²) in [6.07, 6.45) is 3.01. The number of aliphatic hydroxyl groups excluding tert-OH is 1. The van der Waals surface area contributed by atoms with Gasteiger partial charge in [-0.05, 0) is 101 Å². The van der Waals surface area contributed by atoms with Crippen LogP contribution in [0.25, 0.3) is 0 Å². The first-order valence-corrected chi connectivity index (χ1v) is 30.2. The molecule has 23 nitrogen and oxygen atoms in total. The van der Waals surface area contributed by atoms with Crippen LogP contribution in [0.15, 0.2) is 12.2 Å². The van der Waals surface area contributed by atoms with E-state index in [1.807, 2.05) is 55.4 Å². The molecule has 1 saturated heterocycles. The number of amides is 11. The molecule has 84 heavy (non-hydrogen) atoms. The Morgan fingerprint density at radius 3 is 1.38 bits per heavy atom. The largest absolute Gasteiger partial charge is 0.390 e. The summed E-state index contributed by atoms with van der Waals surface area (Å²) >= 11 is 0. The Kier molecular flexibility index (Phi) is 31.4. The standard InChI is InChI=1S/C61H109N11O12/c1-24-26-27-39(15)51(74)50-56(79)64-42(25-2)58(81)67(18)32-47(73)68(19)44(29-34(5)6)54(77)66-48(37(11)12)55(78)65-43(28-33(3)4)53(76)62-40(16)52(75)63-41(17)57(80)69(20)45(30-35(7)8)59(82)70(21)46(31-36(9)10)60(83)71(22)49(38(13)14)61(84)72(50)23/h24,26,33-46,48-51,74H,25,27-32H2,1-23H3,(H,62,76)(H,63,75)(H,64,79)(H,65,78)(H,66,77)/b26-24+/t39-,40+,41-,42+,43+,44+,45+,46+,48+,49+,50+,51-/m1/s1. The molecule has 0 aromatic rings. The smallest absolute Gasteiger partial charge is 0.246 e. The van der Waals surface area contributed by atoms with Crippen molar-refractivity contribution >= 4 is 65.0 Å². The molecule has 0 spiro atoms. The highest BCUT2D eigenvalue weighted by Crippen LogP contribution is 2.25. The predicted molar refractivity (Wildman–Crippen MR) is 324 cm³/mol. The van der Waals surface area contributed by atoms with Gasteiger partial charge in [0.05, 0.1) is 12.6 Å². The van der Waals surface area contributed by atoms with Crippen molar-refractivity contribution in [3.63, 3.8) is 0 Å². The van der Waals surface area contributed by atoms with E-state index in [1.165, 1.54) is 75.7 Å². The van der Waals surface area contributed by atoms with Crippen molar-refractivity contribution in [1.82, 2.24) is 56.0 Å². The minimum absolute atomic E-state index is 0.0225. The Bertz CT molecular complexity index is 2290. The number of hydrogen-bond donors (Lipinski definition) is 6. The van der Waals surface area contributed by atoms with Crippen molar-refractivity contribution in [2.45, 2.75) is 223 Å². The van der Waals surface area contributed by atoms with Crippen LogP contribution >= 0.6 is 0 Å². The van der Waals surface area contributed by atoms with E-state index >= 15 is 9.59 Å². The van der Waals surface area contributed by atoms with Crippen molar-refractivity contribution in [3.8, 4) is 0 Å². The summed E-state index contributed by atoms with van der Waals surface area (Å²) in [5.41, 5.74) is 0. The molecule has 1 aliphatic heterocycles. The average molecular weight is 1190 g/mol. The third kappa shape index (κ3) is 21.7. The zero-order valence-electron chi connectivity index (χ0n) is 55.1. The van der Waals surface area contributed by atoms with E-state index in [1.54, 1.807) is 60.6 Å². The number of likely N-dealkylation sites (N-methyl/N-ethyl adjacent to an activating group) is 6. The zero-order chi connectivity index (χ0) is 65.1. The highest BCUT2D eigenvalue weighted by atomic mass is 16.3. The third-order valence-corrected chi connectivity index (χ3v) is 15.6. The molecule has 1 rings (SSSR count). The van der Waals surface area contributed by atoms with Crippen LogP contribution in [0, 0.1) is 41.4 Å². The molecule has 6 N–H and O–H groups in total. The lowest BCUT2D eigenvalue weighted by Crippen LogP contribution is -2.63. The van der Waals surface area contributed by atoms with Gasteiger partial charge in [-0.15, -0.1) is 0 Å². The maximum absolute atomic E-state index is 15.1. The van der Waals surface area contributed by atoms with Crippen molar-refractivity contribution in [2.75, 3.05) is 48.8 Å². The number of nitrogens with one attached hydrogen (secondary N) is 5. The fraction of sp³-hybridized carbons (Fsp3) is 0.787. The summed E-state index contributed by atoms with van der Waals surface area (Å²) in [7, 11) is 8.46. The molecule has 0 aliphatic carbocycles. The van der Waals surface area contributed by atoms with Crippen molar-refractivity contribution < 1.29 is 57.8 Å². The molecule has 0 radical (unpaired) electrons. The Hall–Kier alpha value is -6.13. The number of carbonyl (C=O) groups excluding carboxylic acids is 11. The van der Waals surface area contributed by atoms with Gasteiger partial charge in [-0.1, -0.05) is 109 Å². The molecule has 0 unspecified atom stereocenters. The average Bonchev–Trinajstić information content (AvgIpc) is 3.53. The summed E-state index contributed by atoms with van der Waals surface area (Å²) in [5, 5.41) is 25.7. The van der Waals surface area contributed by atoms with E-state index in [0.717, 1.165) is 9.80 Å². The molecule has 480 valence electrons. The van der Waals surface area contributed by atoms with Gasteiger partial charge in [0.25, 0.3) is 0 Å². The minimum atomic E-state index is -1.61. The zero-order valence-corrected chi connectivity index (χ0v) is 55.1. The Labute approximate surface area is 502 Å². The molecule has 0 aromatic carbocycles. The van der Waals surface area contributed by atoms with Gasteiger partial charge in [0.15, 0.2) is 0 Å². The van der Waals surface area contributed by atoms with Crippen LogP contribution in [0.1, 0.15) is 156 Å². The Morgan fingerprint density at radius 2 is 0.917 bits per heavy atom. The summed E-state index contributed by atoms with van der Waals surface area (Å²) in [6, 6.07) is -12.4. The lowest BCUT2D eigenvalue weighted by molar-refractivity contribution is -0.157. The fourth-order valence-electron chi connectivity index (χ4n) is 10.4. The second-order valence-corrected chi connectivity index (χ2v) is 25.7.